The average molecular weight is 274 g/mol. The van der Waals surface area contributed by atoms with Gasteiger partial charge in [0.25, 0.3) is 0 Å². The fourth-order valence-corrected chi connectivity index (χ4v) is 2.83. The van der Waals surface area contributed by atoms with Gasteiger partial charge < -0.3 is 5.32 Å². The fourth-order valence-electron chi connectivity index (χ4n) is 1.75. The first-order valence-corrected chi connectivity index (χ1v) is 6.98. The maximum Gasteiger partial charge on any atom is 0.154 e. The highest BCUT2D eigenvalue weighted by molar-refractivity contribution is 7.99. The molecule has 0 bridgehead atoms. The van der Waals surface area contributed by atoms with Gasteiger partial charge in [-0.15, -0.1) is 0 Å². The molecule has 2 nitrogen and oxygen atoms in total. The highest BCUT2D eigenvalue weighted by Gasteiger charge is 2.20. The Kier molecular flexibility index (Phi) is 4.42. The van der Waals surface area contributed by atoms with E-state index in [-0.39, 0.29) is 23.3 Å². The first-order valence-electron chi connectivity index (χ1n) is 5.44. The van der Waals surface area contributed by atoms with Crippen LogP contribution in [0.25, 0.3) is 0 Å². The zero-order valence-corrected chi connectivity index (χ0v) is 10.8. The van der Waals surface area contributed by atoms with E-state index in [0.29, 0.717) is 5.56 Å². The Labute approximate surface area is 109 Å². The predicted molar refractivity (Wildman–Crippen MR) is 69.2 cm³/mol. The van der Waals surface area contributed by atoms with Gasteiger partial charge in [0.05, 0.1) is 11.1 Å². The summed E-state index contributed by atoms with van der Waals surface area (Å²) in [5.41, 5.74) is 0.675. The maximum atomic E-state index is 13.2. The van der Waals surface area contributed by atoms with Gasteiger partial charge in [-0.25, -0.2) is 4.39 Å². The minimum absolute atomic E-state index is 0.0903. The molecule has 5 heteroatoms. The van der Waals surface area contributed by atoms with Crippen LogP contribution in [0.1, 0.15) is 5.56 Å². The summed E-state index contributed by atoms with van der Waals surface area (Å²) in [6.45, 7) is 0.857. The molecule has 0 radical (unpaired) electrons. The Morgan fingerprint density at radius 2 is 2.41 bits per heavy atom. The van der Waals surface area contributed by atoms with Gasteiger partial charge in [0.2, 0.25) is 0 Å². The number of ketones is 1. The zero-order valence-electron chi connectivity index (χ0n) is 9.21. The van der Waals surface area contributed by atoms with E-state index in [2.05, 4.69) is 5.32 Å². The first-order chi connectivity index (χ1) is 8.16. The number of thioether (sulfide) groups is 1. The Bertz CT molecular complexity index is 421. The lowest BCUT2D eigenvalue weighted by atomic mass is 10.0. The Balaban J connectivity index is 1.99. The second kappa shape index (κ2) is 5.85. The van der Waals surface area contributed by atoms with Crippen molar-refractivity contribution in [2.24, 2.45) is 0 Å². The van der Waals surface area contributed by atoms with Crippen LogP contribution < -0.4 is 5.32 Å². The molecular formula is C12H13ClFNOS. The summed E-state index contributed by atoms with van der Waals surface area (Å²) in [5.74, 6) is 1.48. The quantitative estimate of drug-likeness (QED) is 0.916. The van der Waals surface area contributed by atoms with Crippen molar-refractivity contribution < 1.29 is 9.18 Å². The maximum absolute atomic E-state index is 13.2. The van der Waals surface area contributed by atoms with E-state index in [9.17, 15) is 9.18 Å². The van der Waals surface area contributed by atoms with E-state index in [1.54, 1.807) is 17.8 Å². The molecule has 1 saturated heterocycles. The zero-order chi connectivity index (χ0) is 12.3. The molecule has 0 aliphatic carbocycles. The van der Waals surface area contributed by atoms with Crippen LogP contribution in [-0.4, -0.2) is 29.9 Å². The Hall–Kier alpha value is -0.580. The number of carbonyl (C=O) groups excluding carboxylic acids is 1. The lowest BCUT2D eigenvalue weighted by Crippen LogP contribution is -2.44. The normalized spacial score (nSPS) is 20.2. The van der Waals surface area contributed by atoms with Crippen molar-refractivity contribution in [3.8, 4) is 0 Å². The lowest BCUT2D eigenvalue weighted by molar-refractivity contribution is -0.119. The van der Waals surface area contributed by atoms with E-state index in [1.807, 2.05) is 0 Å². The molecule has 1 fully saturated rings. The molecule has 1 aromatic rings. The fraction of sp³-hybridized carbons (Fsp3) is 0.417. The van der Waals surface area contributed by atoms with Crippen molar-refractivity contribution >= 4 is 29.1 Å². The molecule has 1 unspecified atom stereocenters. The van der Waals surface area contributed by atoms with Crippen molar-refractivity contribution in [1.29, 1.82) is 0 Å². The largest absolute Gasteiger partial charge is 0.306 e. The minimum atomic E-state index is -0.469. The van der Waals surface area contributed by atoms with Gasteiger partial charge in [-0.1, -0.05) is 17.7 Å². The summed E-state index contributed by atoms with van der Waals surface area (Å²) < 4.78 is 13.2. The van der Waals surface area contributed by atoms with Crippen LogP contribution in [0.2, 0.25) is 5.02 Å². The van der Waals surface area contributed by atoms with Gasteiger partial charge in [0.15, 0.2) is 5.78 Å². The van der Waals surface area contributed by atoms with Crippen molar-refractivity contribution in [2.75, 3.05) is 18.1 Å². The van der Waals surface area contributed by atoms with Crippen molar-refractivity contribution in [2.45, 2.75) is 12.5 Å². The number of carbonyl (C=O) groups is 1. The highest BCUT2D eigenvalue weighted by Crippen LogP contribution is 2.17. The predicted octanol–water partition coefficient (Wildman–Crippen LogP) is 2.30. The van der Waals surface area contributed by atoms with E-state index in [0.717, 1.165) is 18.1 Å². The van der Waals surface area contributed by atoms with Crippen molar-refractivity contribution in [3.05, 3.63) is 34.6 Å². The summed E-state index contributed by atoms with van der Waals surface area (Å²) in [5, 5.41) is 3.27. The van der Waals surface area contributed by atoms with Crippen LogP contribution in [-0.2, 0) is 11.2 Å². The standard InChI is InChI=1S/C12H13ClFNOS/c13-9-2-1-8(5-10(9)14)6-12(16)11-7-17-4-3-15-11/h1-2,5,11,15H,3-4,6-7H2. The van der Waals surface area contributed by atoms with Gasteiger partial charge in [-0.2, -0.15) is 11.8 Å². The number of hydrogen-bond donors (Lipinski definition) is 1. The molecule has 1 aromatic carbocycles. The molecule has 1 heterocycles. The van der Waals surface area contributed by atoms with E-state index in [1.165, 1.54) is 12.1 Å². The number of Topliss-reactive ketones (excluding diaryl/α,β-unsaturated/α-hetero) is 1. The van der Waals surface area contributed by atoms with E-state index in [4.69, 9.17) is 11.6 Å². The number of benzene rings is 1. The molecule has 1 aliphatic heterocycles. The van der Waals surface area contributed by atoms with E-state index >= 15 is 0 Å². The minimum Gasteiger partial charge on any atom is -0.306 e. The number of rotatable bonds is 3. The molecule has 0 spiro atoms. The van der Waals surface area contributed by atoms with Crippen LogP contribution in [0.4, 0.5) is 4.39 Å². The van der Waals surface area contributed by atoms with Gasteiger partial charge in [-0.05, 0) is 17.7 Å². The number of hydrogen-bond acceptors (Lipinski definition) is 3. The summed E-state index contributed by atoms with van der Waals surface area (Å²) in [6.07, 6.45) is 0.256. The topological polar surface area (TPSA) is 29.1 Å². The Morgan fingerprint density at radius 1 is 1.59 bits per heavy atom. The summed E-state index contributed by atoms with van der Waals surface area (Å²) in [6, 6.07) is 4.41. The molecule has 1 N–H and O–H groups in total. The first kappa shape index (κ1) is 12.9. The number of nitrogens with one attached hydrogen (secondary N) is 1. The van der Waals surface area contributed by atoms with Crippen LogP contribution in [0.15, 0.2) is 18.2 Å². The van der Waals surface area contributed by atoms with Crippen molar-refractivity contribution in [1.82, 2.24) is 5.32 Å². The van der Waals surface area contributed by atoms with E-state index < -0.39 is 5.82 Å². The van der Waals surface area contributed by atoms with Crippen molar-refractivity contribution in [3.63, 3.8) is 0 Å². The third-order valence-corrected chi connectivity index (χ3v) is 4.04. The third kappa shape index (κ3) is 3.44. The van der Waals surface area contributed by atoms with Gasteiger partial charge in [0.1, 0.15) is 5.82 Å². The molecule has 1 aliphatic rings. The van der Waals surface area contributed by atoms with Crippen LogP contribution in [0, 0.1) is 5.82 Å². The Morgan fingerprint density at radius 3 is 3.06 bits per heavy atom. The molecule has 0 amide bonds. The van der Waals surface area contributed by atoms with Gasteiger partial charge in [-0.3, -0.25) is 4.79 Å². The molecule has 0 saturated carbocycles. The second-order valence-electron chi connectivity index (χ2n) is 3.97. The number of halogens is 2. The summed E-state index contributed by atoms with van der Waals surface area (Å²) >= 11 is 7.36. The molecule has 17 heavy (non-hydrogen) atoms. The van der Waals surface area contributed by atoms with Crippen LogP contribution >= 0.6 is 23.4 Å². The van der Waals surface area contributed by atoms with Gasteiger partial charge >= 0.3 is 0 Å². The second-order valence-corrected chi connectivity index (χ2v) is 5.53. The molecule has 1 atom stereocenters. The molecule has 2 rings (SSSR count). The molecule has 0 aromatic heterocycles. The van der Waals surface area contributed by atoms with Crippen LogP contribution in [0.5, 0.6) is 0 Å². The monoisotopic (exact) mass is 273 g/mol. The third-order valence-electron chi connectivity index (χ3n) is 2.67. The molecule has 92 valence electrons. The smallest absolute Gasteiger partial charge is 0.154 e. The van der Waals surface area contributed by atoms with Gasteiger partial charge in [0, 0.05) is 24.5 Å². The summed E-state index contributed by atoms with van der Waals surface area (Å²) in [4.78, 5) is 11.9. The average Bonchev–Trinajstić information content (AvgIpc) is 2.35. The lowest BCUT2D eigenvalue weighted by Gasteiger charge is -2.21. The molecular weight excluding hydrogens is 261 g/mol. The van der Waals surface area contributed by atoms with Crippen LogP contribution in [0.3, 0.4) is 0 Å². The SMILES string of the molecule is O=C(Cc1ccc(Cl)c(F)c1)C1CSCCN1. The summed E-state index contributed by atoms with van der Waals surface area (Å²) in [7, 11) is 0. The highest BCUT2D eigenvalue weighted by atomic mass is 35.5.